The number of hydrogen-bond donors (Lipinski definition) is 1. The second-order valence-electron chi connectivity index (χ2n) is 4.13. The first-order valence-electron chi connectivity index (χ1n) is 5.74. The summed E-state index contributed by atoms with van der Waals surface area (Å²) in [5.41, 5.74) is -0.792. The first-order chi connectivity index (χ1) is 10.8. The molecule has 0 saturated heterocycles. The molecule has 0 amide bonds. The molecule has 2 aromatic carbocycles. The molecule has 0 aliphatic rings. The summed E-state index contributed by atoms with van der Waals surface area (Å²) < 4.78 is 69.9. The van der Waals surface area contributed by atoms with Gasteiger partial charge in [-0.2, -0.15) is 14.0 Å². The van der Waals surface area contributed by atoms with E-state index in [0.717, 1.165) is 18.2 Å². The van der Waals surface area contributed by atoms with E-state index in [1.807, 2.05) is 0 Å². The number of nitriles is 1. The Hall–Kier alpha value is -3.15. The predicted octanol–water partition coefficient (Wildman–Crippen LogP) is 3.18. The van der Waals surface area contributed by atoms with Gasteiger partial charge in [0, 0.05) is 0 Å². The SMILES string of the molecule is N#Cc1ccc(O)c(C(=O)Oc2c(F)c(F)c(F)c(F)c2F)c1. The van der Waals surface area contributed by atoms with Crippen molar-refractivity contribution < 1.29 is 36.6 Å². The van der Waals surface area contributed by atoms with Crippen LogP contribution in [0.1, 0.15) is 15.9 Å². The van der Waals surface area contributed by atoms with Gasteiger partial charge in [-0.3, -0.25) is 0 Å². The molecule has 0 atom stereocenters. The van der Waals surface area contributed by atoms with Crippen LogP contribution < -0.4 is 4.74 Å². The molecule has 2 aromatic rings. The van der Waals surface area contributed by atoms with Gasteiger partial charge in [0.1, 0.15) is 11.3 Å². The standard InChI is InChI=1S/C14H4F5NO3/c15-8-9(16)11(18)13(12(19)10(8)17)23-14(22)6-3-5(4-20)1-2-7(6)21/h1-3,21H. The summed E-state index contributed by atoms with van der Waals surface area (Å²) in [6, 6.07) is 4.50. The van der Waals surface area contributed by atoms with Crippen LogP contribution in [0.25, 0.3) is 0 Å². The number of esters is 1. The lowest BCUT2D eigenvalue weighted by Crippen LogP contribution is -2.14. The van der Waals surface area contributed by atoms with Crippen molar-refractivity contribution in [3.63, 3.8) is 0 Å². The van der Waals surface area contributed by atoms with Crippen LogP contribution in [0.5, 0.6) is 11.5 Å². The minimum absolute atomic E-state index is 0.104. The number of carbonyl (C=O) groups excluding carboxylic acids is 1. The maximum absolute atomic E-state index is 13.4. The zero-order valence-corrected chi connectivity index (χ0v) is 10.8. The summed E-state index contributed by atoms with van der Waals surface area (Å²) in [7, 11) is 0. The van der Waals surface area contributed by atoms with E-state index in [1.165, 1.54) is 0 Å². The second kappa shape index (κ2) is 5.92. The topological polar surface area (TPSA) is 70.3 Å². The summed E-state index contributed by atoms with van der Waals surface area (Å²) in [4.78, 5) is 11.8. The summed E-state index contributed by atoms with van der Waals surface area (Å²) in [6.07, 6.45) is 0. The van der Waals surface area contributed by atoms with Gasteiger partial charge in [-0.15, -0.1) is 0 Å². The van der Waals surface area contributed by atoms with Crippen molar-refractivity contribution in [3.05, 3.63) is 58.4 Å². The van der Waals surface area contributed by atoms with Gasteiger partial charge in [-0.05, 0) is 18.2 Å². The van der Waals surface area contributed by atoms with Crippen molar-refractivity contribution in [1.29, 1.82) is 5.26 Å². The highest BCUT2D eigenvalue weighted by Crippen LogP contribution is 2.30. The molecule has 4 nitrogen and oxygen atoms in total. The fourth-order valence-corrected chi connectivity index (χ4v) is 1.59. The van der Waals surface area contributed by atoms with Crippen LogP contribution >= 0.6 is 0 Å². The molecule has 0 aromatic heterocycles. The number of benzene rings is 2. The fourth-order valence-electron chi connectivity index (χ4n) is 1.59. The smallest absolute Gasteiger partial charge is 0.347 e. The van der Waals surface area contributed by atoms with E-state index in [1.54, 1.807) is 6.07 Å². The largest absolute Gasteiger partial charge is 0.507 e. The van der Waals surface area contributed by atoms with Crippen LogP contribution in [-0.4, -0.2) is 11.1 Å². The number of halogens is 5. The van der Waals surface area contributed by atoms with Crippen molar-refractivity contribution in [1.82, 2.24) is 0 Å². The Balaban J connectivity index is 2.49. The van der Waals surface area contributed by atoms with Gasteiger partial charge in [0.05, 0.1) is 11.6 Å². The van der Waals surface area contributed by atoms with Crippen LogP contribution in [0.3, 0.4) is 0 Å². The number of phenols is 1. The van der Waals surface area contributed by atoms with Crippen LogP contribution in [-0.2, 0) is 0 Å². The zero-order chi connectivity index (χ0) is 17.3. The monoisotopic (exact) mass is 329 g/mol. The number of hydrogen-bond acceptors (Lipinski definition) is 4. The van der Waals surface area contributed by atoms with Crippen LogP contribution in [0.4, 0.5) is 22.0 Å². The number of phenolic OH excluding ortho intramolecular Hbond substituents is 1. The van der Waals surface area contributed by atoms with Crippen molar-refractivity contribution >= 4 is 5.97 Å². The van der Waals surface area contributed by atoms with Gasteiger partial charge in [0.25, 0.3) is 0 Å². The lowest BCUT2D eigenvalue weighted by atomic mass is 10.1. The highest BCUT2D eigenvalue weighted by molar-refractivity contribution is 5.94. The maximum Gasteiger partial charge on any atom is 0.347 e. The van der Waals surface area contributed by atoms with E-state index in [9.17, 15) is 31.9 Å². The summed E-state index contributed by atoms with van der Waals surface area (Å²) in [6.45, 7) is 0. The number of rotatable bonds is 2. The molecule has 0 spiro atoms. The molecule has 2 rings (SSSR count). The quantitative estimate of drug-likeness (QED) is 0.302. The van der Waals surface area contributed by atoms with Crippen LogP contribution in [0.15, 0.2) is 18.2 Å². The van der Waals surface area contributed by atoms with Gasteiger partial charge in [0.15, 0.2) is 0 Å². The van der Waals surface area contributed by atoms with E-state index in [2.05, 4.69) is 4.74 Å². The third-order valence-corrected chi connectivity index (χ3v) is 2.71. The molecular formula is C14H4F5NO3. The minimum atomic E-state index is -2.41. The van der Waals surface area contributed by atoms with Crippen LogP contribution in [0, 0.1) is 40.4 Å². The summed E-state index contributed by atoms with van der Waals surface area (Å²) in [5, 5.41) is 18.1. The number of nitrogens with zero attached hydrogens (tertiary/aromatic N) is 1. The van der Waals surface area contributed by atoms with Gasteiger partial charge in [-0.1, -0.05) is 0 Å². The van der Waals surface area contributed by atoms with E-state index in [-0.39, 0.29) is 5.56 Å². The van der Waals surface area contributed by atoms with Crippen LogP contribution in [0.2, 0.25) is 0 Å². The highest BCUT2D eigenvalue weighted by atomic mass is 19.2. The molecule has 0 radical (unpaired) electrons. The molecular weight excluding hydrogens is 325 g/mol. The summed E-state index contributed by atoms with van der Waals surface area (Å²) in [5.74, 6) is -15.8. The van der Waals surface area contributed by atoms with Crippen molar-refractivity contribution in [2.75, 3.05) is 0 Å². The lowest BCUT2D eigenvalue weighted by molar-refractivity contribution is 0.0713. The number of carbonyl (C=O) groups is 1. The number of aromatic hydroxyl groups is 1. The molecule has 118 valence electrons. The Morgan fingerprint density at radius 3 is 2.04 bits per heavy atom. The Bertz CT molecular complexity index is 831. The zero-order valence-electron chi connectivity index (χ0n) is 10.8. The third-order valence-electron chi connectivity index (χ3n) is 2.71. The molecule has 1 N–H and O–H groups in total. The average molecular weight is 329 g/mol. The Morgan fingerprint density at radius 1 is 1.00 bits per heavy atom. The van der Waals surface area contributed by atoms with E-state index < -0.39 is 52.1 Å². The van der Waals surface area contributed by atoms with E-state index in [0.29, 0.717) is 0 Å². The molecule has 0 fully saturated rings. The predicted molar refractivity (Wildman–Crippen MR) is 64.0 cm³/mol. The van der Waals surface area contributed by atoms with Crippen molar-refractivity contribution in [3.8, 4) is 17.6 Å². The summed E-state index contributed by atoms with van der Waals surface area (Å²) >= 11 is 0. The molecule has 0 unspecified atom stereocenters. The average Bonchev–Trinajstić information content (AvgIpc) is 2.55. The first-order valence-corrected chi connectivity index (χ1v) is 5.74. The molecule has 9 heteroatoms. The Kier molecular flexibility index (Phi) is 4.18. The van der Waals surface area contributed by atoms with Crippen molar-refractivity contribution in [2.45, 2.75) is 0 Å². The highest BCUT2D eigenvalue weighted by Gasteiger charge is 2.29. The first kappa shape index (κ1) is 16.2. The Morgan fingerprint density at radius 2 is 1.52 bits per heavy atom. The Labute approximate surface area is 125 Å². The molecule has 0 saturated carbocycles. The maximum atomic E-state index is 13.4. The van der Waals surface area contributed by atoms with E-state index >= 15 is 0 Å². The normalized spacial score (nSPS) is 10.3. The lowest BCUT2D eigenvalue weighted by Gasteiger charge is -2.09. The van der Waals surface area contributed by atoms with Crippen molar-refractivity contribution in [2.24, 2.45) is 0 Å². The molecule has 0 bridgehead atoms. The van der Waals surface area contributed by atoms with Gasteiger partial charge in [-0.25, -0.2) is 18.0 Å². The van der Waals surface area contributed by atoms with Gasteiger partial charge < -0.3 is 9.84 Å². The van der Waals surface area contributed by atoms with Gasteiger partial charge in [0.2, 0.25) is 34.8 Å². The molecule has 0 aliphatic heterocycles. The molecule has 23 heavy (non-hydrogen) atoms. The van der Waals surface area contributed by atoms with Gasteiger partial charge >= 0.3 is 5.97 Å². The molecule has 0 aliphatic carbocycles. The molecule has 0 heterocycles. The minimum Gasteiger partial charge on any atom is -0.507 e. The third kappa shape index (κ3) is 2.78. The fraction of sp³-hybridized carbons (Fsp3) is 0. The number of ether oxygens (including phenoxy) is 1. The van der Waals surface area contributed by atoms with E-state index in [4.69, 9.17) is 5.26 Å². The second-order valence-corrected chi connectivity index (χ2v) is 4.13.